The molecular weight excluding hydrogens is 366 g/mol. The third-order valence-electron chi connectivity index (χ3n) is 5.43. The number of piperazine rings is 1. The minimum atomic E-state index is -0.124. The SMILES string of the molecule is Cc1cc2cc(-c3cc(=O)n4cc(N5CCN[C@@H](C)C5)ccc4n3)oc2c(C)n1. The zero-order chi connectivity index (χ0) is 20.1. The summed E-state index contributed by atoms with van der Waals surface area (Å²) in [6.45, 7) is 8.81. The van der Waals surface area contributed by atoms with Gasteiger partial charge in [-0.3, -0.25) is 14.2 Å². The summed E-state index contributed by atoms with van der Waals surface area (Å²) in [5.74, 6) is 0.579. The lowest BCUT2D eigenvalue weighted by Crippen LogP contribution is -2.49. The Morgan fingerprint density at radius 2 is 2.03 bits per heavy atom. The first-order valence-electron chi connectivity index (χ1n) is 9.88. The molecule has 0 spiro atoms. The molecule has 0 aromatic carbocycles. The second-order valence-electron chi connectivity index (χ2n) is 7.77. The molecule has 1 aliphatic heterocycles. The lowest BCUT2D eigenvalue weighted by molar-refractivity contribution is 0.484. The Hall–Kier alpha value is -3.19. The van der Waals surface area contributed by atoms with E-state index in [1.165, 1.54) is 6.07 Å². The Labute approximate surface area is 168 Å². The number of hydrogen-bond acceptors (Lipinski definition) is 6. The summed E-state index contributed by atoms with van der Waals surface area (Å²) in [7, 11) is 0. The van der Waals surface area contributed by atoms with Crippen LogP contribution in [-0.4, -0.2) is 40.0 Å². The van der Waals surface area contributed by atoms with Crippen LogP contribution in [0.1, 0.15) is 18.3 Å². The maximum atomic E-state index is 12.8. The standard InChI is InChI=1S/C22H23N5O2/c1-13-8-16-9-19(29-22(16)15(3)24-13)18-10-21(28)27-12-17(4-5-20(27)25-18)26-7-6-23-14(2)11-26/h4-5,8-10,12,14,23H,6-7,11H2,1-3H3/t14-/m0/s1. The Balaban J connectivity index is 1.57. The summed E-state index contributed by atoms with van der Waals surface area (Å²) >= 11 is 0. The van der Waals surface area contributed by atoms with Crippen LogP contribution in [0.5, 0.6) is 0 Å². The fourth-order valence-corrected chi connectivity index (χ4v) is 4.07. The van der Waals surface area contributed by atoms with Crippen molar-refractivity contribution in [2.45, 2.75) is 26.8 Å². The normalized spacial score (nSPS) is 17.3. The van der Waals surface area contributed by atoms with Gasteiger partial charge < -0.3 is 14.6 Å². The van der Waals surface area contributed by atoms with Gasteiger partial charge in [-0.1, -0.05) is 0 Å². The second kappa shape index (κ2) is 6.70. The van der Waals surface area contributed by atoms with Crippen LogP contribution < -0.4 is 15.8 Å². The molecule has 1 atom stereocenters. The molecule has 5 heterocycles. The summed E-state index contributed by atoms with van der Waals surface area (Å²) < 4.78 is 7.59. The van der Waals surface area contributed by atoms with Crippen LogP contribution in [0.15, 0.2) is 45.7 Å². The van der Waals surface area contributed by atoms with Gasteiger partial charge in [-0.15, -0.1) is 0 Å². The van der Waals surface area contributed by atoms with Crippen molar-refractivity contribution in [1.82, 2.24) is 19.7 Å². The molecule has 1 aliphatic rings. The maximum Gasteiger partial charge on any atom is 0.258 e. The van der Waals surface area contributed by atoms with Crippen molar-refractivity contribution in [1.29, 1.82) is 0 Å². The number of aryl methyl sites for hydroxylation is 2. The molecule has 4 aromatic rings. The molecule has 0 saturated carbocycles. The van der Waals surface area contributed by atoms with Crippen molar-refractivity contribution in [3.8, 4) is 11.5 Å². The summed E-state index contributed by atoms with van der Waals surface area (Å²) in [4.78, 5) is 24.3. The van der Waals surface area contributed by atoms with Crippen molar-refractivity contribution in [2.75, 3.05) is 24.5 Å². The average Bonchev–Trinajstić information content (AvgIpc) is 3.12. The van der Waals surface area contributed by atoms with E-state index in [2.05, 4.69) is 27.1 Å². The first-order chi connectivity index (χ1) is 14.0. The third kappa shape index (κ3) is 3.17. The highest BCUT2D eigenvalue weighted by molar-refractivity contribution is 5.84. The van der Waals surface area contributed by atoms with E-state index >= 15 is 0 Å². The van der Waals surface area contributed by atoms with E-state index in [1.807, 2.05) is 44.3 Å². The summed E-state index contributed by atoms with van der Waals surface area (Å²) in [6.07, 6.45) is 1.88. The molecule has 0 radical (unpaired) electrons. The predicted octanol–water partition coefficient (Wildman–Crippen LogP) is 2.92. The molecule has 7 heteroatoms. The van der Waals surface area contributed by atoms with Crippen molar-refractivity contribution in [3.05, 3.63) is 58.3 Å². The molecule has 4 aromatic heterocycles. The number of furan rings is 1. The predicted molar refractivity (Wildman–Crippen MR) is 114 cm³/mol. The van der Waals surface area contributed by atoms with Crippen molar-refractivity contribution >= 4 is 22.3 Å². The largest absolute Gasteiger partial charge is 0.453 e. The lowest BCUT2D eigenvalue weighted by Gasteiger charge is -2.33. The quantitative estimate of drug-likeness (QED) is 0.568. The molecular formula is C22H23N5O2. The summed E-state index contributed by atoms with van der Waals surface area (Å²) in [6, 6.07) is 9.78. The van der Waals surface area contributed by atoms with Gasteiger partial charge >= 0.3 is 0 Å². The minimum Gasteiger partial charge on any atom is -0.453 e. The van der Waals surface area contributed by atoms with Crippen LogP contribution >= 0.6 is 0 Å². The Morgan fingerprint density at radius 3 is 2.86 bits per heavy atom. The van der Waals surface area contributed by atoms with Gasteiger partial charge in [0.25, 0.3) is 5.56 Å². The Morgan fingerprint density at radius 1 is 1.17 bits per heavy atom. The van der Waals surface area contributed by atoms with Crippen LogP contribution in [0.2, 0.25) is 0 Å². The molecule has 29 heavy (non-hydrogen) atoms. The Kier molecular flexibility index (Phi) is 4.13. The first-order valence-corrected chi connectivity index (χ1v) is 9.88. The van der Waals surface area contributed by atoms with Crippen LogP contribution in [0.4, 0.5) is 5.69 Å². The van der Waals surface area contributed by atoms with E-state index in [4.69, 9.17) is 4.42 Å². The number of rotatable bonds is 2. The zero-order valence-corrected chi connectivity index (χ0v) is 16.8. The third-order valence-corrected chi connectivity index (χ3v) is 5.43. The molecule has 0 aliphatic carbocycles. The molecule has 1 N–H and O–H groups in total. The van der Waals surface area contributed by atoms with Crippen LogP contribution in [0, 0.1) is 13.8 Å². The van der Waals surface area contributed by atoms with E-state index in [9.17, 15) is 4.79 Å². The highest BCUT2D eigenvalue weighted by atomic mass is 16.3. The van der Waals surface area contributed by atoms with Gasteiger partial charge in [0.15, 0.2) is 11.3 Å². The zero-order valence-electron chi connectivity index (χ0n) is 16.8. The minimum absolute atomic E-state index is 0.124. The van der Waals surface area contributed by atoms with Crippen LogP contribution in [0.3, 0.4) is 0 Å². The van der Waals surface area contributed by atoms with Crippen molar-refractivity contribution in [2.24, 2.45) is 0 Å². The molecule has 148 valence electrons. The number of pyridine rings is 2. The number of anilines is 1. The topological polar surface area (TPSA) is 75.7 Å². The molecule has 0 amide bonds. The van der Waals surface area contributed by atoms with E-state index in [0.29, 0.717) is 23.1 Å². The average molecular weight is 389 g/mol. The monoisotopic (exact) mass is 389 g/mol. The van der Waals surface area contributed by atoms with E-state index in [-0.39, 0.29) is 5.56 Å². The first kappa shape index (κ1) is 17.9. The highest BCUT2D eigenvalue weighted by Gasteiger charge is 2.17. The van der Waals surface area contributed by atoms with Gasteiger partial charge in [0.2, 0.25) is 0 Å². The number of fused-ring (bicyclic) bond motifs is 2. The second-order valence-corrected chi connectivity index (χ2v) is 7.77. The fraction of sp³-hybridized carbons (Fsp3) is 0.318. The summed E-state index contributed by atoms with van der Waals surface area (Å²) in [5, 5.41) is 4.40. The van der Waals surface area contributed by atoms with Gasteiger partial charge in [0.1, 0.15) is 11.3 Å². The van der Waals surface area contributed by atoms with Crippen LogP contribution in [-0.2, 0) is 0 Å². The lowest BCUT2D eigenvalue weighted by atomic mass is 10.2. The molecule has 1 saturated heterocycles. The number of aromatic nitrogens is 3. The van der Waals surface area contributed by atoms with E-state index in [0.717, 1.165) is 47.7 Å². The van der Waals surface area contributed by atoms with Gasteiger partial charge in [-0.2, -0.15) is 0 Å². The highest BCUT2D eigenvalue weighted by Crippen LogP contribution is 2.28. The number of nitrogens with one attached hydrogen (secondary N) is 1. The molecule has 0 bridgehead atoms. The van der Waals surface area contributed by atoms with Gasteiger partial charge in [-0.05, 0) is 45.0 Å². The smallest absolute Gasteiger partial charge is 0.258 e. The van der Waals surface area contributed by atoms with Gasteiger partial charge in [0, 0.05) is 49.0 Å². The van der Waals surface area contributed by atoms with E-state index in [1.54, 1.807) is 4.40 Å². The number of hydrogen-bond donors (Lipinski definition) is 1. The van der Waals surface area contributed by atoms with Crippen molar-refractivity contribution in [3.63, 3.8) is 0 Å². The van der Waals surface area contributed by atoms with Crippen LogP contribution in [0.25, 0.3) is 28.1 Å². The molecule has 1 fully saturated rings. The Bertz CT molecular complexity index is 1290. The van der Waals surface area contributed by atoms with Crippen molar-refractivity contribution < 1.29 is 4.42 Å². The van der Waals surface area contributed by atoms with E-state index < -0.39 is 0 Å². The van der Waals surface area contributed by atoms with Gasteiger partial charge in [0.05, 0.1) is 11.4 Å². The summed E-state index contributed by atoms with van der Waals surface area (Å²) in [5.41, 5.74) is 4.54. The molecule has 7 nitrogen and oxygen atoms in total. The molecule has 0 unspecified atom stereocenters. The molecule has 5 rings (SSSR count). The fourth-order valence-electron chi connectivity index (χ4n) is 4.07. The number of nitrogens with zero attached hydrogens (tertiary/aromatic N) is 4. The maximum absolute atomic E-state index is 12.8. The van der Waals surface area contributed by atoms with Gasteiger partial charge in [-0.25, -0.2) is 4.98 Å².